The van der Waals surface area contributed by atoms with Crippen LogP contribution in [0, 0.1) is 0 Å². The summed E-state index contributed by atoms with van der Waals surface area (Å²) in [6.07, 6.45) is -0.743. The Balaban J connectivity index is 2.06. The Morgan fingerprint density at radius 2 is 2.23 bits per heavy atom. The van der Waals surface area contributed by atoms with Crippen molar-refractivity contribution in [2.24, 2.45) is 0 Å². The van der Waals surface area contributed by atoms with Gasteiger partial charge in [-0.3, -0.25) is 9.59 Å². The van der Waals surface area contributed by atoms with Gasteiger partial charge in [0, 0.05) is 20.1 Å². The summed E-state index contributed by atoms with van der Waals surface area (Å²) >= 11 is 0. The summed E-state index contributed by atoms with van der Waals surface area (Å²) in [5.41, 5.74) is 1.28. The number of carboxylic acid groups (broad SMARTS) is 1. The molecule has 1 heterocycles. The number of likely N-dealkylation sites (N-methyl/N-ethyl adjacent to an activating group) is 2. The maximum absolute atomic E-state index is 11.6. The normalized spacial score (nSPS) is 15.5. The number of hydrogen-bond donors (Lipinski definition) is 2. The molecule has 1 aromatic rings. The van der Waals surface area contributed by atoms with Crippen molar-refractivity contribution in [3.05, 3.63) is 23.8 Å². The second kappa shape index (κ2) is 6.76. The molecule has 7 nitrogen and oxygen atoms in total. The summed E-state index contributed by atoms with van der Waals surface area (Å²) in [5.74, 6) is -0.401. The van der Waals surface area contributed by atoms with Crippen molar-refractivity contribution in [2.75, 3.05) is 38.7 Å². The number of rotatable bonds is 6. The fourth-order valence-corrected chi connectivity index (χ4v) is 2.27. The Morgan fingerprint density at radius 3 is 2.91 bits per heavy atom. The van der Waals surface area contributed by atoms with Crippen LogP contribution in [0.1, 0.15) is 18.1 Å². The van der Waals surface area contributed by atoms with E-state index in [-0.39, 0.29) is 18.9 Å². The van der Waals surface area contributed by atoms with E-state index in [0.29, 0.717) is 30.1 Å². The maximum Gasteiger partial charge on any atom is 0.304 e. The van der Waals surface area contributed by atoms with Gasteiger partial charge in [-0.25, -0.2) is 0 Å². The SMILES string of the molecule is CN(CCC(=O)O)CC(O)c1ccc2c(c1)N(C)C(=O)CO2. The third kappa shape index (κ3) is 3.75. The predicted molar refractivity (Wildman–Crippen MR) is 80.1 cm³/mol. The van der Waals surface area contributed by atoms with E-state index in [1.807, 2.05) is 0 Å². The van der Waals surface area contributed by atoms with Crippen LogP contribution < -0.4 is 9.64 Å². The first-order valence-corrected chi connectivity index (χ1v) is 7.00. The highest BCUT2D eigenvalue weighted by Gasteiger charge is 2.23. The minimum Gasteiger partial charge on any atom is -0.482 e. The van der Waals surface area contributed by atoms with E-state index < -0.39 is 12.1 Å². The highest BCUT2D eigenvalue weighted by molar-refractivity contribution is 5.97. The van der Waals surface area contributed by atoms with Crippen molar-refractivity contribution in [2.45, 2.75) is 12.5 Å². The van der Waals surface area contributed by atoms with E-state index in [9.17, 15) is 14.7 Å². The lowest BCUT2D eigenvalue weighted by Gasteiger charge is -2.27. The molecule has 0 bridgehead atoms. The summed E-state index contributed by atoms with van der Waals surface area (Å²) in [6.45, 7) is 0.687. The van der Waals surface area contributed by atoms with Crippen molar-refractivity contribution in [3.8, 4) is 5.75 Å². The number of carbonyl (C=O) groups excluding carboxylic acids is 1. The lowest BCUT2D eigenvalue weighted by Crippen LogP contribution is -2.35. The maximum atomic E-state index is 11.6. The number of ether oxygens (including phenoxy) is 1. The molecule has 0 aliphatic carbocycles. The van der Waals surface area contributed by atoms with E-state index in [1.165, 1.54) is 4.90 Å². The van der Waals surface area contributed by atoms with Crippen LogP contribution in [0.4, 0.5) is 5.69 Å². The lowest BCUT2D eigenvalue weighted by atomic mass is 10.1. The van der Waals surface area contributed by atoms with Gasteiger partial charge >= 0.3 is 5.97 Å². The molecule has 120 valence electrons. The average molecular weight is 308 g/mol. The Kier molecular flexibility index (Phi) is 4.99. The largest absolute Gasteiger partial charge is 0.482 e. The fourth-order valence-electron chi connectivity index (χ4n) is 2.27. The quantitative estimate of drug-likeness (QED) is 0.794. The minimum absolute atomic E-state index is 0.0172. The Bertz CT molecular complexity index is 575. The Morgan fingerprint density at radius 1 is 1.50 bits per heavy atom. The number of benzene rings is 1. The third-order valence-electron chi connectivity index (χ3n) is 3.65. The smallest absolute Gasteiger partial charge is 0.304 e. The number of carboxylic acids is 1. The van der Waals surface area contributed by atoms with Gasteiger partial charge in [0.2, 0.25) is 0 Å². The lowest BCUT2D eigenvalue weighted by molar-refractivity contribution is -0.137. The second-order valence-electron chi connectivity index (χ2n) is 5.39. The first-order chi connectivity index (χ1) is 10.4. The molecule has 1 aromatic carbocycles. The molecular weight excluding hydrogens is 288 g/mol. The van der Waals surface area contributed by atoms with Gasteiger partial charge in [0.15, 0.2) is 6.61 Å². The van der Waals surface area contributed by atoms with Gasteiger partial charge in [-0.15, -0.1) is 0 Å². The number of carbonyl (C=O) groups is 2. The van der Waals surface area contributed by atoms with E-state index >= 15 is 0 Å². The van der Waals surface area contributed by atoms with Gasteiger partial charge in [0.1, 0.15) is 5.75 Å². The summed E-state index contributed by atoms with van der Waals surface area (Å²) in [5, 5.41) is 18.9. The summed E-state index contributed by atoms with van der Waals surface area (Å²) in [4.78, 5) is 25.4. The van der Waals surface area contributed by atoms with Crippen LogP contribution >= 0.6 is 0 Å². The van der Waals surface area contributed by atoms with Crippen LogP contribution in [0.25, 0.3) is 0 Å². The standard InChI is InChI=1S/C15H20N2O5/c1-16(6-5-15(20)21)8-12(18)10-3-4-13-11(7-10)17(2)14(19)9-22-13/h3-4,7,12,18H,5-6,8-9H2,1-2H3,(H,20,21). The summed E-state index contributed by atoms with van der Waals surface area (Å²) in [6, 6.07) is 5.20. The zero-order valence-electron chi connectivity index (χ0n) is 12.7. The molecule has 2 N–H and O–H groups in total. The van der Waals surface area contributed by atoms with Crippen molar-refractivity contribution in [3.63, 3.8) is 0 Å². The summed E-state index contributed by atoms with van der Waals surface area (Å²) in [7, 11) is 3.42. The van der Waals surface area contributed by atoms with Gasteiger partial charge in [-0.2, -0.15) is 0 Å². The molecule has 0 radical (unpaired) electrons. The van der Waals surface area contributed by atoms with Crippen LogP contribution in [0.3, 0.4) is 0 Å². The molecule has 0 fully saturated rings. The zero-order chi connectivity index (χ0) is 16.3. The highest BCUT2D eigenvalue weighted by Crippen LogP contribution is 2.33. The molecule has 7 heteroatoms. The fraction of sp³-hybridized carbons (Fsp3) is 0.467. The van der Waals surface area contributed by atoms with Crippen molar-refractivity contribution in [1.29, 1.82) is 0 Å². The topological polar surface area (TPSA) is 90.3 Å². The summed E-state index contributed by atoms with van der Waals surface area (Å²) < 4.78 is 5.34. The molecule has 1 aliphatic heterocycles. The van der Waals surface area contributed by atoms with E-state index in [1.54, 1.807) is 37.2 Å². The number of hydrogen-bond acceptors (Lipinski definition) is 5. The van der Waals surface area contributed by atoms with Gasteiger partial charge in [-0.1, -0.05) is 6.07 Å². The van der Waals surface area contributed by atoms with Crippen LogP contribution in [-0.2, 0) is 9.59 Å². The van der Waals surface area contributed by atoms with Crippen LogP contribution in [0.15, 0.2) is 18.2 Å². The molecule has 0 spiro atoms. The predicted octanol–water partition coefficient (Wildman–Crippen LogP) is 0.482. The monoisotopic (exact) mass is 308 g/mol. The van der Waals surface area contributed by atoms with Crippen molar-refractivity contribution in [1.82, 2.24) is 4.90 Å². The molecule has 1 unspecified atom stereocenters. The van der Waals surface area contributed by atoms with Crippen LogP contribution in [0.2, 0.25) is 0 Å². The first-order valence-electron chi connectivity index (χ1n) is 7.00. The number of aliphatic carboxylic acids is 1. The number of fused-ring (bicyclic) bond motifs is 1. The second-order valence-corrected chi connectivity index (χ2v) is 5.39. The van der Waals surface area contributed by atoms with Crippen molar-refractivity contribution < 1.29 is 24.5 Å². The number of amides is 1. The molecular formula is C15H20N2O5. The number of nitrogens with zero attached hydrogens (tertiary/aromatic N) is 2. The first kappa shape index (κ1) is 16.3. The number of aliphatic hydroxyl groups excluding tert-OH is 1. The Hall–Kier alpha value is -2.12. The van der Waals surface area contributed by atoms with Gasteiger partial charge in [0.05, 0.1) is 18.2 Å². The molecule has 1 amide bonds. The van der Waals surface area contributed by atoms with E-state index in [4.69, 9.17) is 9.84 Å². The molecule has 2 rings (SSSR count). The third-order valence-corrected chi connectivity index (χ3v) is 3.65. The van der Waals surface area contributed by atoms with Crippen LogP contribution in [0.5, 0.6) is 5.75 Å². The van der Waals surface area contributed by atoms with E-state index in [2.05, 4.69) is 0 Å². The molecule has 0 saturated carbocycles. The van der Waals surface area contributed by atoms with Gasteiger partial charge in [-0.05, 0) is 24.7 Å². The highest BCUT2D eigenvalue weighted by atomic mass is 16.5. The average Bonchev–Trinajstić information content (AvgIpc) is 2.48. The van der Waals surface area contributed by atoms with Gasteiger partial charge in [0.25, 0.3) is 5.91 Å². The number of anilines is 1. The Labute approximate surface area is 128 Å². The number of aliphatic hydroxyl groups is 1. The minimum atomic E-state index is -0.868. The zero-order valence-corrected chi connectivity index (χ0v) is 12.7. The van der Waals surface area contributed by atoms with Crippen LogP contribution in [-0.4, -0.2) is 60.8 Å². The molecule has 1 atom stereocenters. The molecule has 22 heavy (non-hydrogen) atoms. The van der Waals surface area contributed by atoms with Gasteiger partial charge < -0.3 is 24.7 Å². The molecule has 1 aliphatic rings. The molecule has 0 aromatic heterocycles. The van der Waals surface area contributed by atoms with Crippen molar-refractivity contribution >= 4 is 17.6 Å². The van der Waals surface area contributed by atoms with E-state index in [0.717, 1.165) is 0 Å². The molecule has 0 saturated heterocycles.